The summed E-state index contributed by atoms with van der Waals surface area (Å²) in [6.07, 6.45) is 5.93. The van der Waals surface area contributed by atoms with E-state index in [1.165, 1.54) is 19.3 Å². The van der Waals surface area contributed by atoms with Gasteiger partial charge in [-0.3, -0.25) is 4.79 Å². The molecule has 0 N–H and O–H groups in total. The van der Waals surface area contributed by atoms with Crippen molar-refractivity contribution < 1.29 is 9.42 Å². The standard InChI is InChI=1S/C14H17N3O2/c1-17(11-5-3-2-4-6-11)14(18)10-7-8-12-13(9-10)16-19-15-12/h7-9,11H,2-6H2,1H3. The molecule has 19 heavy (non-hydrogen) atoms. The van der Waals surface area contributed by atoms with Crippen LogP contribution in [0.3, 0.4) is 0 Å². The Balaban J connectivity index is 1.81. The number of aromatic nitrogens is 2. The molecule has 1 aromatic carbocycles. The van der Waals surface area contributed by atoms with E-state index in [1.807, 2.05) is 11.9 Å². The Bertz CT molecular complexity index is 587. The zero-order chi connectivity index (χ0) is 13.2. The molecule has 0 spiro atoms. The molecule has 1 amide bonds. The van der Waals surface area contributed by atoms with Crippen molar-refractivity contribution in [2.24, 2.45) is 0 Å². The molecule has 0 aliphatic heterocycles. The lowest BCUT2D eigenvalue weighted by Crippen LogP contribution is -2.38. The van der Waals surface area contributed by atoms with E-state index in [1.54, 1.807) is 18.2 Å². The number of rotatable bonds is 2. The summed E-state index contributed by atoms with van der Waals surface area (Å²) in [4.78, 5) is 14.3. The first kappa shape index (κ1) is 12.1. The molecule has 1 aliphatic carbocycles. The van der Waals surface area contributed by atoms with Crippen LogP contribution in [0.2, 0.25) is 0 Å². The molecule has 1 heterocycles. The number of carbonyl (C=O) groups excluding carboxylic acids is 1. The van der Waals surface area contributed by atoms with Crippen LogP contribution in [-0.2, 0) is 0 Å². The average molecular weight is 259 g/mol. The summed E-state index contributed by atoms with van der Waals surface area (Å²) in [6.45, 7) is 0. The highest BCUT2D eigenvalue weighted by atomic mass is 16.6. The normalized spacial score (nSPS) is 16.7. The van der Waals surface area contributed by atoms with Gasteiger partial charge in [-0.2, -0.15) is 0 Å². The van der Waals surface area contributed by atoms with Crippen molar-refractivity contribution in [2.75, 3.05) is 7.05 Å². The van der Waals surface area contributed by atoms with Gasteiger partial charge in [0.2, 0.25) is 0 Å². The third kappa shape index (κ3) is 2.32. The minimum atomic E-state index is 0.0526. The second-order valence-electron chi connectivity index (χ2n) is 5.18. The van der Waals surface area contributed by atoms with Gasteiger partial charge in [0, 0.05) is 18.7 Å². The van der Waals surface area contributed by atoms with Crippen LogP contribution in [0.4, 0.5) is 0 Å². The summed E-state index contributed by atoms with van der Waals surface area (Å²) in [5, 5.41) is 7.52. The molecule has 1 aliphatic rings. The van der Waals surface area contributed by atoms with Gasteiger partial charge in [0.1, 0.15) is 11.0 Å². The summed E-state index contributed by atoms with van der Waals surface area (Å²) < 4.78 is 4.65. The van der Waals surface area contributed by atoms with E-state index in [9.17, 15) is 4.79 Å². The molecule has 100 valence electrons. The number of nitrogens with zero attached hydrogens (tertiary/aromatic N) is 3. The van der Waals surface area contributed by atoms with Crippen LogP contribution in [-0.4, -0.2) is 34.2 Å². The molecule has 2 aromatic rings. The molecule has 5 heteroatoms. The van der Waals surface area contributed by atoms with E-state index in [-0.39, 0.29) is 5.91 Å². The van der Waals surface area contributed by atoms with Crippen molar-refractivity contribution in [3.05, 3.63) is 23.8 Å². The Morgan fingerprint density at radius 3 is 2.74 bits per heavy atom. The van der Waals surface area contributed by atoms with Crippen LogP contribution in [0, 0.1) is 0 Å². The third-order valence-corrected chi connectivity index (χ3v) is 3.94. The lowest BCUT2D eigenvalue weighted by molar-refractivity contribution is 0.0696. The SMILES string of the molecule is CN(C(=O)c1ccc2nonc2c1)C1CCCCC1. The maximum Gasteiger partial charge on any atom is 0.253 e. The first-order valence-corrected chi connectivity index (χ1v) is 6.75. The van der Waals surface area contributed by atoms with Gasteiger partial charge >= 0.3 is 0 Å². The lowest BCUT2D eigenvalue weighted by atomic mass is 9.94. The fourth-order valence-corrected chi connectivity index (χ4v) is 2.75. The number of carbonyl (C=O) groups is 1. The molecular weight excluding hydrogens is 242 g/mol. The zero-order valence-corrected chi connectivity index (χ0v) is 11.0. The molecule has 0 unspecified atom stereocenters. The third-order valence-electron chi connectivity index (χ3n) is 3.94. The van der Waals surface area contributed by atoms with Gasteiger partial charge in [0.25, 0.3) is 5.91 Å². The summed E-state index contributed by atoms with van der Waals surface area (Å²) in [5.74, 6) is 0.0526. The van der Waals surface area contributed by atoms with Crippen molar-refractivity contribution in [1.29, 1.82) is 0 Å². The zero-order valence-electron chi connectivity index (χ0n) is 11.0. The highest BCUT2D eigenvalue weighted by molar-refractivity contribution is 5.97. The molecule has 1 saturated carbocycles. The Morgan fingerprint density at radius 1 is 1.21 bits per heavy atom. The van der Waals surface area contributed by atoms with Crippen LogP contribution >= 0.6 is 0 Å². The first-order chi connectivity index (χ1) is 9.25. The topological polar surface area (TPSA) is 59.2 Å². The summed E-state index contributed by atoms with van der Waals surface area (Å²) in [7, 11) is 1.89. The molecule has 1 aromatic heterocycles. The molecule has 1 fully saturated rings. The number of amides is 1. The minimum Gasteiger partial charge on any atom is -0.339 e. The highest BCUT2D eigenvalue weighted by Crippen LogP contribution is 2.23. The summed E-state index contributed by atoms with van der Waals surface area (Å²) in [6, 6.07) is 5.67. The predicted octanol–water partition coefficient (Wildman–Crippen LogP) is 2.63. The second-order valence-corrected chi connectivity index (χ2v) is 5.18. The molecule has 0 radical (unpaired) electrons. The fraction of sp³-hybridized carbons (Fsp3) is 0.500. The van der Waals surface area contributed by atoms with Crippen molar-refractivity contribution in [1.82, 2.24) is 15.2 Å². The van der Waals surface area contributed by atoms with Crippen LogP contribution in [0.25, 0.3) is 11.0 Å². The predicted molar refractivity (Wildman–Crippen MR) is 70.8 cm³/mol. The lowest BCUT2D eigenvalue weighted by Gasteiger charge is -2.31. The van der Waals surface area contributed by atoms with E-state index in [0.717, 1.165) is 12.8 Å². The molecule has 3 rings (SSSR count). The van der Waals surface area contributed by atoms with Gasteiger partial charge < -0.3 is 4.90 Å². The Kier molecular flexibility index (Phi) is 3.19. The van der Waals surface area contributed by atoms with Gasteiger partial charge in [-0.15, -0.1) is 0 Å². The molecule has 0 saturated heterocycles. The van der Waals surface area contributed by atoms with E-state index in [4.69, 9.17) is 0 Å². The number of fused-ring (bicyclic) bond motifs is 1. The van der Waals surface area contributed by atoms with E-state index in [0.29, 0.717) is 22.6 Å². The maximum absolute atomic E-state index is 12.5. The van der Waals surface area contributed by atoms with E-state index < -0.39 is 0 Å². The van der Waals surface area contributed by atoms with Gasteiger partial charge in [-0.25, -0.2) is 4.63 Å². The van der Waals surface area contributed by atoms with Crippen molar-refractivity contribution >= 4 is 16.9 Å². The monoisotopic (exact) mass is 259 g/mol. The van der Waals surface area contributed by atoms with Crippen molar-refractivity contribution in [3.63, 3.8) is 0 Å². The molecule has 0 bridgehead atoms. The fourth-order valence-electron chi connectivity index (χ4n) is 2.75. The molecule has 5 nitrogen and oxygen atoms in total. The average Bonchev–Trinajstić information content (AvgIpc) is 2.94. The smallest absolute Gasteiger partial charge is 0.253 e. The molecular formula is C14H17N3O2. The van der Waals surface area contributed by atoms with Crippen LogP contribution < -0.4 is 0 Å². The van der Waals surface area contributed by atoms with Crippen molar-refractivity contribution in [2.45, 2.75) is 38.1 Å². The summed E-state index contributed by atoms with van der Waals surface area (Å²) in [5.41, 5.74) is 1.95. The van der Waals surface area contributed by atoms with E-state index >= 15 is 0 Å². The number of hydrogen-bond acceptors (Lipinski definition) is 4. The van der Waals surface area contributed by atoms with Gasteiger partial charge in [-0.1, -0.05) is 19.3 Å². The second kappa shape index (κ2) is 4.99. The molecule has 0 atom stereocenters. The Morgan fingerprint density at radius 2 is 1.95 bits per heavy atom. The van der Waals surface area contributed by atoms with E-state index in [2.05, 4.69) is 14.9 Å². The minimum absolute atomic E-state index is 0.0526. The van der Waals surface area contributed by atoms with Crippen LogP contribution in [0.1, 0.15) is 42.5 Å². The van der Waals surface area contributed by atoms with Gasteiger partial charge in [-0.05, 0) is 41.4 Å². The van der Waals surface area contributed by atoms with Crippen LogP contribution in [0.15, 0.2) is 22.8 Å². The Hall–Kier alpha value is -1.91. The number of hydrogen-bond donors (Lipinski definition) is 0. The van der Waals surface area contributed by atoms with Gasteiger partial charge in [0.05, 0.1) is 0 Å². The number of benzene rings is 1. The highest BCUT2D eigenvalue weighted by Gasteiger charge is 2.23. The quantitative estimate of drug-likeness (QED) is 0.831. The largest absolute Gasteiger partial charge is 0.339 e. The summed E-state index contributed by atoms with van der Waals surface area (Å²) >= 11 is 0. The van der Waals surface area contributed by atoms with Crippen molar-refractivity contribution in [3.8, 4) is 0 Å². The van der Waals surface area contributed by atoms with Gasteiger partial charge in [0.15, 0.2) is 0 Å². The first-order valence-electron chi connectivity index (χ1n) is 6.75. The van der Waals surface area contributed by atoms with Crippen LogP contribution in [0.5, 0.6) is 0 Å². The Labute approximate surface area is 111 Å². The maximum atomic E-state index is 12.5.